The molecule has 0 aliphatic carbocycles. The standard InChI is InChI=1S/C13H12N4/c1-9-6-7-17-8-12(16-13(17)15-9)10-4-2-3-5-11(10)14/h2-8H,14H2,1H3. The number of hydrogen-bond donors (Lipinski definition) is 1. The first-order chi connectivity index (χ1) is 8.24. The maximum atomic E-state index is 5.93. The fourth-order valence-electron chi connectivity index (χ4n) is 1.82. The van der Waals surface area contributed by atoms with Gasteiger partial charge in [-0.2, -0.15) is 0 Å². The molecule has 3 rings (SSSR count). The van der Waals surface area contributed by atoms with Crippen LogP contribution in [0, 0.1) is 6.92 Å². The van der Waals surface area contributed by atoms with Crippen molar-refractivity contribution in [3.8, 4) is 11.3 Å². The molecule has 1 aromatic carbocycles. The summed E-state index contributed by atoms with van der Waals surface area (Å²) in [5.74, 6) is 0.697. The van der Waals surface area contributed by atoms with Crippen molar-refractivity contribution in [3.05, 3.63) is 48.4 Å². The highest BCUT2D eigenvalue weighted by atomic mass is 15.1. The number of fused-ring (bicyclic) bond motifs is 1. The van der Waals surface area contributed by atoms with Crippen molar-refractivity contribution in [2.75, 3.05) is 5.73 Å². The van der Waals surface area contributed by atoms with Crippen LogP contribution in [0.25, 0.3) is 17.0 Å². The summed E-state index contributed by atoms with van der Waals surface area (Å²) in [4.78, 5) is 8.84. The lowest BCUT2D eigenvalue weighted by Gasteiger charge is -1.99. The van der Waals surface area contributed by atoms with Gasteiger partial charge >= 0.3 is 0 Å². The maximum absolute atomic E-state index is 5.93. The van der Waals surface area contributed by atoms with Crippen LogP contribution in [0.1, 0.15) is 5.69 Å². The second-order valence-electron chi connectivity index (χ2n) is 3.99. The molecule has 3 aromatic rings. The number of hydrogen-bond acceptors (Lipinski definition) is 3. The average Bonchev–Trinajstić information content (AvgIpc) is 2.72. The molecule has 0 bridgehead atoms. The van der Waals surface area contributed by atoms with Gasteiger partial charge in [0.2, 0.25) is 5.78 Å². The SMILES string of the molecule is Cc1ccn2cc(-c3ccccc3N)nc2n1. The van der Waals surface area contributed by atoms with Crippen LogP contribution in [0.5, 0.6) is 0 Å². The zero-order chi connectivity index (χ0) is 11.8. The highest BCUT2D eigenvalue weighted by Crippen LogP contribution is 2.24. The first kappa shape index (κ1) is 9.84. The minimum atomic E-state index is 0.697. The van der Waals surface area contributed by atoms with Crippen molar-refractivity contribution < 1.29 is 0 Å². The van der Waals surface area contributed by atoms with Crippen molar-refractivity contribution in [1.82, 2.24) is 14.4 Å². The van der Waals surface area contributed by atoms with E-state index in [1.54, 1.807) is 0 Å². The minimum Gasteiger partial charge on any atom is -0.398 e. The number of anilines is 1. The zero-order valence-corrected chi connectivity index (χ0v) is 9.46. The van der Waals surface area contributed by atoms with Gasteiger partial charge in [-0.25, -0.2) is 9.97 Å². The Morgan fingerprint density at radius 1 is 1.12 bits per heavy atom. The van der Waals surface area contributed by atoms with E-state index in [0.29, 0.717) is 5.78 Å². The molecule has 0 spiro atoms. The number of rotatable bonds is 1. The lowest BCUT2D eigenvalue weighted by molar-refractivity contribution is 1.07. The molecule has 0 aliphatic rings. The molecule has 0 saturated carbocycles. The van der Waals surface area contributed by atoms with E-state index in [2.05, 4.69) is 9.97 Å². The van der Waals surface area contributed by atoms with Crippen LogP contribution in [-0.2, 0) is 0 Å². The molecule has 84 valence electrons. The quantitative estimate of drug-likeness (QED) is 0.645. The smallest absolute Gasteiger partial charge is 0.234 e. The highest BCUT2D eigenvalue weighted by Gasteiger charge is 2.07. The average molecular weight is 224 g/mol. The van der Waals surface area contributed by atoms with E-state index in [-0.39, 0.29) is 0 Å². The predicted molar refractivity (Wildman–Crippen MR) is 67.6 cm³/mol. The Labute approximate surface area is 98.8 Å². The predicted octanol–water partition coefficient (Wildman–Crippen LogP) is 2.29. The Morgan fingerprint density at radius 3 is 2.76 bits per heavy atom. The minimum absolute atomic E-state index is 0.697. The number of imidazole rings is 1. The largest absolute Gasteiger partial charge is 0.398 e. The Balaban J connectivity index is 2.22. The number of aryl methyl sites for hydroxylation is 1. The molecule has 17 heavy (non-hydrogen) atoms. The summed E-state index contributed by atoms with van der Waals surface area (Å²) in [6.45, 7) is 1.95. The summed E-state index contributed by atoms with van der Waals surface area (Å²) >= 11 is 0. The molecular weight excluding hydrogens is 212 g/mol. The van der Waals surface area contributed by atoms with Gasteiger partial charge in [0.25, 0.3) is 0 Å². The number of aromatic nitrogens is 3. The Bertz CT molecular complexity index is 685. The molecule has 2 heterocycles. The third-order valence-corrected chi connectivity index (χ3v) is 2.70. The fraction of sp³-hybridized carbons (Fsp3) is 0.0769. The van der Waals surface area contributed by atoms with E-state index in [0.717, 1.165) is 22.6 Å². The van der Waals surface area contributed by atoms with E-state index >= 15 is 0 Å². The summed E-state index contributed by atoms with van der Waals surface area (Å²) in [7, 11) is 0. The van der Waals surface area contributed by atoms with Gasteiger partial charge in [-0.1, -0.05) is 18.2 Å². The van der Waals surface area contributed by atoms with E-state index in [9.17, 15) is 0 Å². The Hall–Kier alpha value is -2.36. The molecule has 2 aromatic heterocycles. The van der Waals surface area contributed by atoms with Gasteiger partial charge in [-0.05, 0) is 19.1 Å². The van der Waals surface area contributed by atoms with Crippen molar-refractivity contribution in [1.29, 1.82) is 0 Å². The fourth-order valence-corrected chi connectivity index (χ4v) is 1.82. The lowest BCUT2D eigenvalue weighted by Crippen LogP contribution is -1.89. The molecule has 4 nitrogen and oxygen atoms in total. The summed E-state index contributed by atoms with van der Waals surface area (Å²) in [6.07, 6.45) is 3.89. The number of nitrogens with zero attached hydrogens (tertiary/aromatic N) is 3. The number of para-hydroxylation sites is 1. The molecule has 0 amide bonds. The van der Waals surface area contributed by atoms with Crippen LogP contribution in [0.4, 0.5) is 5.69 Å². The van der Waals surface area contributed by atoms with Crippen molar-refractivity contribution >= 4 is 11.5 Å². The molecular formula is C13H12N4. The second-order valence-corrected chi connectivity index (χ2v) is 3.99. The molecule has 0 saturated heterocycles. The van der Waals surface area contributed by atoms with E-state index < -0.39 is 0 Å². The number of nitrogen functional groups attached to an aromatic ring is 1. The highest BCUT2D eigenvalue weighted by molar-refractivity contribution is 5.74. The summed E-state index contributed by atoms with van der Waals surface area (Å²) in [6, 6.07) is 9.65. The molecule has 0 radical (unpaired) electrons. The van der Waals surface area contributed by atoms with E-state index in [1.165, 1.54) is 0 Å². The summed E-state index contributed by atoms with van der Waals surface area (Å²) < 4.78 is 1.90. The Morgan fingerprint density at radius 2 is 1.94 bits per heavy atom. The van der Waals surface area contributed by atoms with Gasteiger partial charge in [0.15, 0.2) is 0 Å². The van der Waals surface area contributed by atoms with Gasteiger partial charge in [-0.3, -0.25) is 4.40 Å². The van der Waals surface area contributed by atoms with Gasteiger partial charge < -0.3 is 5.73 Å². The van der Waals surface area contributed by atoms with Gasteiger partial charge in [0.1, 0.15) is 0 Å². The lowest BCUT2D eigenvalue weighted by atomic mass is 10.1. The molecule has 0 unspecified atom stereocenters. The van der Waals surface area contributed by atoms with Crippen LogP contribution < -0.4 is 5.73 Å². The molecule has 0 fully saturated rings. The van der Waals surface area contributed by atoms with Crippen LogP contribution in [-0.4, -0.2) is 14.4 Å². The van der Waals surface area contributed by atoms with Gasteiger partial charge in [0.05, 0.1) is 5.69 Å². The monoisotopic (exact) mass is 224 g/mol. The van der Waals surface area contributed by atoms with E-state index in [1.807, 2.05) is 54.0 Å². The third-order valence-electron chi connectivity index (χ3n) is 2.70. The third kappa shape index (κ3) is 1.63. The van der Waals surface area contributed by atoms with Crippen LogP contribution in [0.15, 0.2) is 42.7 Å². The first-order valence-corrected chi connectivity index (χ1v) is 5.41. The van der Waals surface area contributed by atoms with Crippen LogP contribution >= 0.6 is 0 Å². The molecule has 4 heteroatoms. The summed E-state index contributed by atoms with van der Waals surface area (Å²) in [5, 5.41) is 0. The summed E-state index contributed by atoms with van der Waals surface area (Å²) in [5.41, 5.74) is 9.41. The van der Waals surface area contributed by atoms with E-state index in [4.69, 9.17) is 5.73 Å². The molecule has 0 atom stereocenters. The van der Waals surface area contributed by atoms with Crippen LogP contribution in [0.2, 0.25) is 0 Å². The van der Waals surface area contributed by atoms with Gasteiger partial charge in [0, 0.05) is 29.3 Å². The zero-order valence-electron chi connectivity index (χ0n) is 9.46. The molecule has 0 aliphatic heterocycles. The maximum Gasteiger partial charge on any atom is 0.234 e. The Kier molecular flexibility index (Phi) is 2.08. The number of nitrogens with two attached hydrogens (primary N) is 1. The van der Waals surface area contributed by atoms with Gasteiger partial charge in [-0.15, -0.1) is 0 Å². The normalized spacial score (nSPS) is 10.9. The first-order valence-electron chi connectivity index (χ1n) is 5.41. The molecule has 2 N–H and O–H groups in total. The van der Waals surface area contributed by atoms with Crippen molar-refractivity contribution in [3.63, 3.8) is 0 Å². The van der Waals surface area contributed by atoms with Crippen molar-refractivity contribution in [2.24, 2.45) is 0 Å². The topological polar surface area (TPSA) is 56.2 Å². The number of benzene rings is 1. The van der Waals surface area contributed by atoms with Crippen molar-refractivity contribution in [2.45, 2.75) is 6.92 Å². The van der Waals surface area contributed by atoms with Crippen LogP contribution in [0.3, 0.4) is 0 Å². The second kappa shape index (κ2) is 3.59.